The van der Waals surface area contributed by atoms with Crippen molar-refractivity contribution >= 4 is 11.0 Å². The van der Waals surface area contributed by atoms with Crippen LogP contribution in [0.3, 0.4) is 0 Å². The maximum Gasteiger partial charge on any atom is 0.125 e. The van der Waals surface area contributed by atoms with Gasteiger partial charge in [0.05, 0.1) is 17.6 Å². The van der Waals surface area contributed by atoms with Crippen molar-refractivity contribution in [3.05, 3.63) is 29.8 Å². The van der Waals surface area contributed by atoms with Gasteiger partial charge < -0.3 is 9.88 Å². The second kappa shape index (κ2) is 5.92. The van der Waals surface area contributed by atoms with Crippen molar-refractivity contribution in [1.82, 2.24) is 14.9 Å². The molecule has 0 unspecified atom stereocenters. The Morgan fingerprint density at radius 1 is 1.35 bits per heavy atom. The van der Waals surface area contributed by atoms with Crippen LogP contribution < -0.4 is 5.32 Å². The first kappa shape index (κ1) is 13.6. The molecule has 1 saturated carbocycles. The van der Waals surface area contributed by atoms with E-state index in [-0.39, 0.29) is 5.82 Å². The summed E-state index contributed by atoms with van der Waals surface area (Å²) in [4.78, 5) is 4.67. The third-order valence-electron chi connectivity index (χ3n) is 4.14. The molecule has 0 aliphatic heterocycles. The van der Waals surface area contributed by atoms with Gasteiger partial charge in [0.15, 0.2) is 0 Å². The van der Waals surface area contributed by atoms with Gasteiger partial charge in [-0.25, -0.2) is 9.37 Å². The second-order valence-corrected chi connectivity index (χ2v) is 5.67. The lowest BCUT2D eigenvalue weighted by atomic mass is 10.2. The minimum Gasteiger partial charge on any atom is -0.327 e. The number of hydrogen-bond donors (Lipinski definition) is 1. The first-order valence-corrected chi connectivity index (χ1v) is 7.66. The zero-order valence-electron chi connectivity index (χ0n) is 12.0. The Kier molecular flexibility index (Phi) is 4.01. The largest absolute Gasteiger partial charge is 0.327 e. The number of nitrogens with zero attached hydrogens (tertiary/aromatic N) is 2. The van der Waals surface area contributed by atoms with Crippen molar-refractivity contribution in [1.29, 1.82) is 0 Å². The highest BCUT2D eigenvalue weighted by atomic mass is 19.1. The van der Waals surface area contributed by atoms with E-state index < -0.39 is 0 Å². The molecule has 2 aromatic rings. The van der Waals surface area contributed by atoms with E-state index in [0.717, 1.165) is 36.4 Å². The zero-order chi connectivity index (χ0) is 13.9. The van der Waals surface area contributed by atoms with E-state index in [1.54, 1.807) is 12.1 Å². The van der Waals surface area contributed by atoms with E-state index in [4.69, 9.17) is 0 Å². The summed E-state index contributed by atoms with van der Waals surface area (Å²) in [7, 11) is 0. The monoisotopic (exact) mass is 275 g/mol. The number of hydrogen-bond acceptors (Lipinski definition) is 2. The zero-order valence-corrected chi connectivity index (χ0v) is 12.0. The van der Waals surface area contributed by atoms with Crippen molar-refractivity contribution in [3.8, 4) is 0 Å². The molecule has 0 bridgehead atoms. The number of benzene rings is 1. The fourth-order valence-electron chi connectivity index (χ4n) is 3.12. The lowest BCUT2D eigenvalue weighted by Crippen LogP contribution is -2.27. The molecule has 20 heavy (non-hydrogen) atoms. The fraction of sp³-hybridized carbons (Fsp3) is 0.562. The van der Waals surface area contributed by atoms with Crippen LogP contribution in [0.2, 0.25) is 0 Å². The molecule has 1 aromatic carbocycles. The highest BCUT2D eigenvalue weighted by molar-refractivity contribution is 5.76. The number of halogens is 1. The molecule has 1 aliphatic rings. The van der Waals surface area contributed by atoms with Gasteiger partial charge in [0, 0.05) is 12.6 Å². The maximum absolute atomic E-state index is 13.4. The van der Waals surface area contributed by atoms with Crippen LogP contribution >= 0.6 is 0 Å². The molecular weight excluding hydrogens is 253 g/mol. The van der Waals surface area contributed by atoms with E-state index in [1.807, 2.05) is 0 Å². The van der Waals surface area contributed by atoms with Crippen LogP contribution in [0.15, 0.2) is 18.2 Å². The molecule has 3 rings (SSSR count). The van der Waals surface area contributed by atoms with E-state index >= 15 is 0 Å². The molecule has 1 aromatic heterocycles. The van der Waals surface area contributed by atoms with Crippen LogP contribution in [0.4, 0.5) is 4.39 Å². The molecule has 0 radical (unpaired) electrons. The number of fused-ring (bicyclic) bond motifs is 1. The van der Waals surface area contributed by atoms with Crippen LogP contribution in [0.1, 0.15) is 44.9 Å². The van der Waals surface area contributed by atoms with Gasteiger partial charge in [0.2, 0.25) is 0 Å². The minimum absolute atomic E-state index is 0.190. The van der Waals surface area contributed by atoms with Crippen LogP contribution in [0, 0.1) is 5.82 Å². The molecule has 1 N–H and O–H groups in total. The number of rotatable bonds is 5. The Morgan fingerprint density at radius 2 is 2.15 bits per heavy atom. The summed E-state index contributed by atoms with van der Waals surface area (Å²) < 4.78 is 15.6. The highest BCUT2D eigenvalue weighted by Crippen LogP contribution is 2.20. The van der Waals surface area contributed by atoms with Crippen molar-refractivity contribution in [2.45, 2.75) is 58.2 Å². The lowest BCUT2D eigenvalue weighted by Gasteiger charge is -2.13. The normalized spacial score (nSPS) is 16.3. The molecule has 1 fully saturated rings. The fourth-order valence-corrected chi connectivity index (χ4v) is 3.12. The van der Waals surface area contributed by atoms with E-state index in [9.17, 15) is 4.39 Å². The summed E-state index contributed by atoms with van der Waals surface area (Å²) in [6.45, 7) is 3.81. The van der Waals surface area contributed by atoms with Gasteiger partial charge in [-0.2, -0.15) is 0 Å². The Bertz CT molecular complexity index is 585. The van der Waals surface area contributed by atoms with Gasteiger partial charge in [-0.3, -0.25) is 0 Å². The number of nitrogens with one attached hydrogen (secondary N) is 1. The summed E-state index contributed by atoms with van der Waals surface area (Å²) in [5, 5.41) is 3.60. The lowest BCUT2D eigenvalue weighted by molar-refractivity contribution is 0.500. The Hall–Kier alpha value is -1.42. The number of imidazole rings is 1. The quantitative estimate of drug-likeness (QED) is 0.903. The molecular formula is C16H22FN3. The van der Waals surface area contributed by atoms with Crippen molar-refractivity contribution < 1.29 is 4.39 Å². The molecule has 4 heteroatoms. The predicted octanol–water partition coefficient (Wildman–Crippen LogP) is 3.62. The van der Waals surface area contributed by atoms with Crippen molar-refractivity contribution in [2.75, 3.05) is 0 Å². The third-order valence-corrected chi connectivity index (χ3v) is 4.14. The summed E-state index contributed by atoms with van der Waals surface area (Å²) in [5.74, 6) is 0.837. The molecule has 0 amide bonds. The first-order chi connectivity index (χ1) is 9.78. The molecule has 0 atom stereocenters. The summed E-state index contributed by atoms with van der Waals surface area (Å²) in [5.41, 5.74) is 1.80. The van der Waals surface area contributed by atoms with Crippen LogP contribution in [0.5, 0.6) is 0 Å². The van der Waals surface area contributed by atoms with Crippen LogP contribution in [0.25, 0.3) is 11.0 Å². The smallest absolute Gasteiger partial charge is 0.125 e. The molecule has 1 aliphatic carbocycles. The van der Waals surface area contributed by atoms with E-state index in [2.05, 4.69) is 21.8 Å². The maximum atomic E-state index is 13.4. The SMILES string of the molecule is CCCn1c(CNC2CCCC2)nc2ccc(F)cc21. The first-order valence-electron chi connectivity index (χ1n) is 7.66. The summed E-state index contributed by atoms with van der Waals surface area (Å²) in [6.07, 6.45) is 6.21. The van der Waals surface area contributed by atoms with Crippen LogP contribution in [-0.4, -0.2) is 15.6 Å². The minimum atomic E-state index is -0.190. The Balaban J connectivity index is 1.86. The van der Waals surface area contributed by atoms with Crippen molar-refractivity contribution in [2.24, 2.45) is 0 Å². The number of aromatic nitrogens is 2. The summed E-state index contributed by atoms with van der Waals surface area (Å²) >= 11 is 0. The molecule has 1 heterocycles. The second-order valence-electron chi connectivity index (χ2n) is 5.67. The molecule has 0 saturated heterocycles. The molecule has 3 nitrogen and oxygen atoms in total. The highest BCUT2D eigenvalue weighted by Gasteiger charge is 2.16. The predicted molar refractivity (Wildman–Crippen MR) is 79.1 cm³/mol. The topological polar surface area (TPSA) is 29.9 Å². The number of aryl methyl sites for hydroxylation is 1. The standard InChI is InChI=1S/C16H22FN3/c1-2-9-20-15-10-12(17)7-8-14(15)19-16(20)11-18-13-5-3-4-6-13/h7-8,10,13,18H,2-6,9,11H2,1H3. The van der Waals surface area contributed by atoms with Gasteiger partial charge in [-0.05, 0) is 37.5 Å². The summed E-state index contributed by atoms with van der Waals surface area (Å²) in [6, 6.07) is 5.48. The van der Waals surface area contributed by atoms with Gasteiger partial charge in [0.25, 0.3) is 0 Å². The van der Waals surface area contributed by atoms with E-state index in [1.165, 1.54) is 31.7 Å². The average Bonchev–Trinajstić information content (AvgIpc) is 3.06. The average molecular weight is 275 g/mol. The molecule has 108 valence electrons. The van der Waals surface area contributed by atoms with Gasteiger partial charge >= 0.3 is 0 Å². The van der Waals surface area contributed by atoms with Crippen LogP contribution in [-0.2, 0) is 13.1 Å². The van der Waals surface area contributed by atoms with E-state index in [0.29, 0.717) is 6.04 Å². The van der Waals surface area contributed by atoms with Gasteiger partial charge in [-0.1, -0.05) is 19.8 Å². The van der Waals surface area contributed by atoms with Gasteiger partial charge in [0.1, 0.15) is 11.6 Å². The Labute approximate surface area is 119 Å². The van der Waals surface area contributed by atoms with Gasteiger partial charge in [-0.15, -0.1) is 0 Å². The third kappa shape index (κ3) is 2.70. The molecule has 0 spiro atoms. The van der Waals surface area contributed by atoms with Crippen molar-refractivity contribution in [3.63, 3.8) is 0 Å². The Morgan fingerprint density at radius 3 is 2.90 bits per heavy atom.